The number of anilines is 1. The molecule has 0 heterocycles. The Hall–Kier alpha value is -2.49. The third-order valence-electron chi connectivity index (χ3n) is 3.85. The lowest BCUT2D eigenvalue weighted by Crippen LogP contribution is -2.13. The first-order valence-electron chi connectivity index (χ1n) is 8.10. The maximum Gasteiger partial charge on any atom is 0.255 e. The number of methoxy groups -OCH3 is 1. The van der Waals surface area contributed by atoms with Gasteiger partial charge in [-0.1, -0.05) is 26.0 Å². The summed E-state index contributed by atoms with van der Waals surface area (Å²) < 4.78 is 11.1. The summed E-state index contributed by atoms with van der Waals surface area (Å²) in [4.78, 5) is 12.5. The number of benzene rings is 2. The average molecular weight is 327 g/mol. The van der Waals surface area contributed by atoms with E-state index in [9.17, 15) is 4.79 Å². The van der Waals surface area contributed by atoms with E-state index in [0.29, 0.717) is 29.6 Å². The third kappa shape index (κ3) is 4.28. The van der Waals surface area contributed by atoms with Gasteiger partial charge < -0.3 is 14.8 Å². The van der Waals surface area contributed by atoms with Crippen molar-refractivity contribution in [3.05, 3.63) is 53.1 Å². The van der Waals surface area contributed by atoms with Crippen LogP contribution in [0.25, 0.3) is 0 Å². The van der Waals surface area contributed by atoms with Crippen molar-refractivity contribution in [2.24, 2.45) is 5.92 Å². The van der Waals surface area contributed by atoms with Gasteiger partial charge in [0, 0.05) is 11.3 Å². The molecule has 0 saturated carbocycles. The summed E-state index contributed by atoms with van der Waals surface area (Å²) in [6, 6.07) is 11.1. The minimum atomic E-state index is -0.169. The smallest absolute Gasteiger partial charge is 0.255 e. The van der Waals surface area contributed by atoms with E-state index in [1.54, 1.807) is 25.3 Å². The number of nitrogens with one attached hydrogen (secondary N) is 1. The van der Waals surface area contributed by atoms with Crippen LogP contribution in [0.15, 0.2) is 36.4 Å². The molecule has 0 aliphatic carbocycles. The molecule has 0 fully saturated rings. The summed E-state index contributed by atoms with van der Waals surface area (Å²) in [6.45, 7) is 8.78. The van der Waals surface area contributed by atoms with Crippen molar-refractivity contribution in [1.82, 2.24) is 0 Å². The summed E-state index contributed by atoms with van der Waals surface area (Å²) in [6.07, 6.45) is 0. The Bertz CT molecular complexity index is 723. The van der Waals surface area contributed by atoms with Gasteiger partial charge >= 0.3 is 0 Å². The van der Waals surface area contributed by atoms with E-state index in [2.05, 4.69) is 19.2 Å². The monoisotopic (exact) mass is 327 g/mol. The molecule has 1 N–H and O–H groups in total. The van der Waals surface area contributed by atoms with Crippen LogP contribution >= 0.6 is 0 Å². The molecule has 0 aliphatic heterocycles. The first-order chi connectivity index (χ1) is 11.4. The highest BCUT2D eigenvalue weighted by atomic mass is 16.5. The minimum absolute atomic E-state index is 0.169. The van der Waals surface area contributed by atoms with Gasteiger partial charge in [0.2, 0.25) is 0 Å². The van der Waals surface area contributed by atoms with Crippen molar-refractivity contribution in [2.45, 2.75) is 27.7 Å². The largest absolute Gasteiger partial charge is 0.493 e. The molecule has 0 spiro atoms. The van der Waals surface area contributed by atoms with Gasteiger partial charge in [-0.3, -0.25) is 4.79 Å². The predicted molar refractivity (Wildman–Crippen MR) is 97.2 cm³/mol. The molecule has 4 nitrogen and oxygen atoms in total. The second-order valence-corrected chi connectivity index (χ2v) is 6.27. The van der Waals surface area contributed by atoms with Crippen LogP contribution in [-0.4, -0.2) is 19.6 Å². The molecule has 0 aliphatic rings. The van der Waals surface area contributed by atoms with Crippen LogP contribution in [0.5, 0.6) is 11.5 Å². The predicted octanol–water partition coefficient (Wildman–Crippen LogP) is 4.60. The molecule has 0 saturated heterocycles. The summed E-state index contributed by atoms with van der Waals surface area (Å²) in [5.74, 6) is 1.46. The van der Waals surface area contributed by atoms with Gasteiger partial charge in [-0.25, -0.2) is 0 Å². The van der Waals surface area contributed by atoms with Gasteiger partial charge in [-0.15, -0.1) is 0 Å². The van der Waals surface area contributed by atoms with Gasteiger partial charge in [-0.05, 0) is 55.2 Å². The molecule has 0 atom stereocenters. The number of aryl methyl sites for hydroxylation is 1. The maximum atomic E-state index is 12.5. The van der Waals surface area contributed by atoms with Crippen LogP contribution in [-0.2, 0) is 0 Å². The summed E-state index contributed by atoms with van der Waals surface area (Å²) in [7, 11) is 1.57. The fourth-order valence-corrected chi connectivity index (χ4v) is 2.27. The Morgan fingerprint density at radius 3 is 2.54 bits per heavy atom. The van der Waals surface area contributed by atoms with E-state index in [0.717, 1.165) is 16.8 Å². The van der Waals surface area contributed by atoms with Crippen molar-refractivity contribution < 1.29 is 14.3 Å². The van der Waals surface area contributed by atoms with E-state index in [4.69, 9.17) is 9.47 Å². The summed E-state index contributed by atoms with van der Waals surface area (Å²) in [5, 5.41) is 2.95. The molecule has 0 unspecified atom stereocenters. The third-order valence-corrected chi connectivity index (χ3v) is 3.85. The number of ether oxygens (including phenoxy) is 2. The van der Waals surface area contributed by atoms with Gasteiger partial charge in [0.05, 0.1) is 13.7 Å². The second-order valence-electron chi connectivity index (χ2n) is 6.27. The molecule has 0 radical (unpaired) electrons. The Labute approximate surface area is 143 Å². The maximum absolute atomic E-state index is 12.5. The van der Waals surface area contributed by atoms with Crippen molar-refractivity contribution >= 4 is 11.6 Å². The molecule has 128 valence electrons. The van der Waals surface area contributed by atoms with Crippen LogP contribution in [0.3, 0.4) is 0 Å². The fraction of sp³-hybridized carbons (Fsp3) is 0.350. The average Bonchev–Trinajstić information content (AvgIpc) is 2.56. The number of amides is 1. The van der Waals surface area contributed by atoms with Gasteiger partial charge in [0.1, 0.15) is 0 Å². The van der Waals surface area contributed by atoms with Crippen LogP contribution in [0.2, 0.25) is 0 Å². The van der Waals surface area contributed by atoms with Crippen molar-refractivity contribution in [2.75, 3.05) is 19.0 Å². The number of rotatable bonds is 6. The Morgan fingerprint density at radius 1 is 1.12 bits per heavy atom. The van der Waals surface area contributed by atoms with Crippen molar-refractivity contribution in [1.29, 1.82) is 0 Å². The molecule has 24 heavy (non-hydrogen) atoms. The van der Waals surface area contributed by atoms with Crippen LogP contribution < -0.4 is 14.8 Å². The molecule has 1 amide bonds. The van der Waals surface area contributed by atoms with Gasteiger partial charge in [0.25, 0.3) is 5.91 Å². The Kier molecular flexibility index (Phi) is 5.85. The fourth-order valence-electron chi connectivity index (χ4n) is 2.27. The van der Waals surface area contributed by atoms with Crippen LogP contribution in [0.1, 0.15) is 35.3 Å². The highest BCUT2D eigenvalue weighted by Gasteiger charge is 2.13. The van der Waals surface area contributed by atoms with E-state index < -0.39 is 0 Å². The first kappa shape index (κ1) is 17.9. The topological polar surface area (TPSA) is 47.6 Å². The van der Waals surface area contributed by atoms with Gasteiger partial charge in [-0.2, -0.15) is 0 Å². The molecule has 0 aromatic heterocycles. The lowest BCUT2D eigenvalue weighted by atomic mass is 10.1. The second kappa shape index (κ2) is 7.86. The zero-order chi connectivity index (χ0) is 17.7. The molecular formula is C20H25NO3. The van der Waals surface area contributed by atoms with Crippen LogP contribution in [0, 0.1) is 19.8 Å². The number of carbonyl (C=O) groups excluding carboxylic acids is 1. The lowest BCUT2D eigenvalue weighted by molar-refractivity contribution is 0.102. The summed E-state index contributed by atoms with van der Waals surface area (Å²) in [5.41, 5.74) is 3.56. The quantitative estimate of drug-likeness (QED) is 0.843. The highest BCUT2D eigenvalue weighted by molar-refractivity contribution is 6.05. The molecule has 0 bridgehead atoms. The van der Waals surface area contributed by atoms with E-state index in [1.807, 2.05) is 32.0 Å². The number of hydrogen-bond acceptors (Lipinski definition) is 3. The molecular weight excluding hydrogens is 302 g/mol. The Balaban J connectivity index is 2.19. The van der Waals surface area contributed by atoms with E-state index >= 15 is 0 Å². The number of carbonyl (C=O) groups is 1. The highest BCUT2D eigenvalue weighted by Crippen LogP contribution is 2.29. The zero-order valence-electron chi connectivity index (χ0n) is 15.0. The molecule has 2 aromatic rings. The molecule has 2 rings (SSSR count). The van der Waals surface area contributed by atoms with E-state index in [-0.39, 0.29) is 5.91 Å². The normalized spacial score (nSPS) is 10.6. The van der Waals surface area contributed by atoms with Crippen molar-refractivity contribution in [3.63, 3.8) is 0 Å². The van der Waals surface area contributed by atoms with Crippen LogP contribution in [0.4, 0.5) is 5.69 Å². The zero-order valence-corrected chi connectivity index (χ0v) is 15.0. The number of hydrogen-bond donors (Lipinski definition) is 1. The van der Waals surface area contributed by atoms with Gasteiger partial charge in [0.15, 0.2) is 11.5 Å². The minimum Gasteiger partial charge on any atom is -0.493 e. The first-order valence-corrected chi connectivity index (χ1v) is 8.10. The SMILES string of the molecule is COc1cc(C(=O)Nc2cccc(C)c2C)ccc1OCC(C)C. The lowest BCUT2D eigenvalue weighted by Gasteiger charge is -2.14. The van der Waals surface area contributed by atoms with Crippen molar-refractivity contribution in [3.8, 4) is 11.5 Å². The molecule has 2 aromatic carbocycles. The summed E-state index contributed by atoms with van der Waals surface area (Å²) >= 11 is 0. The standard InChI is InChI=1S/C20H25NO3/c1-13(2)12-24-18-10-9-16(11-19(18)23-5)20(22)21-17-8-6-7-14(3)15(17)4/h6-11,13H,12H2,1-5H3,(H,21,22). The molecule has 4 heteroatoms. The van der Waals surface area contributed by atoms with E-state index in [1.165, 1.54) is 0 Å². The Morgan fingerprint density at radius 2 is 1.88 bits per heavy atom.